The van der Waals surface area contributed by atoms with Gasteiger partial charge in [0.15, 0.2) is 5.78 Å². The normalized spacial score (nSPS) is 25.9. The van der Waals surface area contributed by atoms with E-state index in [1.807, 2.05) is 146 Å². The van der Waals surface area contributed by atoms with Crippen LogP contribution >= 0.6 is 0 Å². The van der Waals surface area contributed by atoms with E-state index >= 15 is 14.4 Å². The molecule has 1 saturated carbocycles. The fraction of sp³-hybridized carbons (Fsp3) is 0.133. The maximum Gasteiger partial charge on any atom is 0.343 e. The van der Waals surface area contributed by atoms with Crippen molar-refractivity contribution in [2.45, 2.75) is 16.5 Å². The Hall–Kier alpha value is -6.87. The van der Waals surface area contributed by atoms with Crippen LogP contribution in [0.4, 0.5) is 11.4 Å². The van der Waals surface area contributed by atoms with Gasteiger partial charge < -0.3 is 9.47 Å². The second-order valence-electron chi connectivity index (χ2n) is 13.9. The average molecular weight is 709 g/mol. The number of nitrogens with zero attached hydrogens (tertiary/aromatic N) is 4. The molecular weight excluding hydrogens is 677 g/mol. The molecule has 0 bridgehead atoms. The lowest BCUT2D eigenvalue weighted by Gasteiger charge is -2.50. The highest BCUT2D eigenvalue weighted by molar-refractivity contribution is 6.45. The zero-order chi connectivity index (χ0) is 36.9. The zero-order valence-corrected chi connectivity index (χ0v) is 29.3. The SMILES string of the molecule is COC(=O)C12C(=O)C3(C(=O)OC)N(c4ccccc4)N=C(c4ccccc4)C34c3cccc5cccc(c35)C14N(c1ccccc1)N=C2c1ccccc1. The second kappa shape index (κ2) is 11.1. The van der Waals surface area contributed by atoms with Gasteiger partial charge in [0.25, 0.3) is 0 Å². The molecule has 4 aliphatic rings. The number of benzene rings is 6. The third-order valence-corrected chi connectivity index (χ3v) is 11.8. The maximum atomic E-state index is 16.9. The van der Waals surface area contributed by atoms with Crippen LogP contribution < -0.4 is 10.0 Å². The summed E-state index contributed by atoms with van der Waals surface area (Å²) in [5.41, 5.74) is -4.13. The summed E-state index contributed by atoms with van der Waals surface area (Å²) < 4.78 is 11.7. The molecule has 2 aliphatic carbocycles. The Kier molecular flexibility index (Phi) is 6.53. The van der Waals surface area contributed by atoms with Crippen LogP contribution in [0, 0.1) is 5.41 Å². The van der Waals surface area contributed by atoms with Crippen LogP contribution in [0.1, 0.15) is 22.3 Å². The van der Waals surface area contributed by atoms with E-state index in [0.717, 1.165) is 10.8 Å². The minimum Gasteiger partial charge on any atom is -0.468 e. The molecule has 1 fully saturated rings. The minimum absolute atomic E-state index is 0.158. The molecule has 4 unspecified atom stereocenters. The molecule has 54 heavy (non-hydrogen) atoms. The molecule has 6 aromatic carbocycles. The Balaban J connectivity index is 1.52. The lowest BCUT2D eigenvalue weighted by Crippen LogP contribution is -2.71. The molecule has 0 aromatic heterocycles. The molecule has 262 valence electrons. The van der Waals surface area contributed by atoms with Crippen molar-refractivity contribution in [3.63, 3.8) is 0 Å². The highest BCUT2D eigenvalue weighted by Crippen LogP contribution is 2.79. The van der Waals surface area contributed by atoms with E-state index in [1.54, 1.807) is 17.1 Å². The number of ketones is 1. The number of carbonyl (C=O) groups is 3. The number of rotatable bonds is 6. The quantitative estimate of drug-likeness (QED) is 0.139. The van der Waals surface area contributed by atoms with Gasteiger partial charge in [-0.15, -0.1) is 0 Å². The fourth-order valence-electron chi connectivity index (χ4n) is 10.2. The predicted molar refractivity (Wildman–Crippen MR) is 205 cm³/mol. The first kappa shape index (κ1) is 31.8. The van der Waals surface area contributed by atoms with E-state index in [4.69, 9.17) is 19.7 Å². The Morgan fingerprint density at radius 1 is 0.537 bits per heavy atom. The molecule has 0 amide bonds. The van der Waals surface area contributed by atoms with Gasteiger partial charge >= 0.3 is 11.9 Å². The second-order valence-corrected chi connectivity index (χ2v) is 13.9. The van der Waals surface area contributed by atoms with Crippen molar-refractivity contribution in [1.29, 1.82) is 0 Å². The van der Waals surface area contributed by atoms with Crippen LogP contribution in [-0.4, -0.2) is 48.9 Å². The topological polar surface area (TPSA) is 101 Å². The van der Waals surface area contributed by atoms with Crippen molar-refractivity contribution in [3.05, 3.63) is 180 Å². The number of ether oxygens (including phenoxy) is 2. The molecule has 6 aromatic rings. The summed E-state index contributed by atoms with van der Waals surface area (Å²) in [5.74, 6) is -2.47. The molecule has 0 saturated heterocycles. The van der Waals surface area contributed by atoms with Gasteiger partial charge in [0, 0.05) is 0 Å². The molecule has 2 heterocycles. The molecule has 2 spiro atoms. The van der Waals surface area contributed by atoms with Gasteiger partial charge in [0.1, 0.15) is 11.0 Å². The van der Waals surface area contributed by atoms with E-state index in [0.29, 0.717) is 39.3 Å². The zero-order valence-electron chi connectivity index (χ0n) is 29.3. The summed E-state index contributed by atoms with van der Waals surface area (Å²) in [6.45, 7) is 0. The van der Waals surface area contributed by atoms with Crippen LogP contribution in [0.5, 0.6) is 0 Å². The molecule has 2 aliphatic heterocycles. The van der Waals surface area contributed by atoms with E-state index in [9.17, 15) is 0 Å². The lowest BCUT2D eigenvalue weighted by atomic mass is 9.54. The third-order valence-electron chi connectivity index (χ3n) is 11.8. The largest absolute Gasteiger partial charge is 0.468 e. The van der Waals surface area contributed by atoms with Gasteiger partial charge in [0.2, 0.25) is 11.0 Å². The van der Waals surface area contributed by atoms with Crippen molar-refractivity contribution in [1.82, 2.24) is 0 Å². The van der Waals surface area contributed by atoms with Gasteiger partial charge in [-0.25, -0.2) is 9.80 Å². The van der Waals surface area contributed by atoms with Gasteiger partial charge in [-0.3, -0.25) is 14.6 Å². The monoisotopic (exact) mass is 708 g/mol. The molecule has 4 atom stereocenters. The van der Waals surface area contributed by atoms with Gasteiger partial charge in [-0.1, -0.05) is 133 Å². The number of hydrazone groups is 2. The maximum absolute atomic E-state index is 16.9. The predicted octanol–water partition coefficient (Wildman–Crippen LogP) is 6.79. The van der Waals surface area contributed by atoms with Crippen LogP contribution in [-0.2, 0) is 34.8 Å². The van der Waals surface area contributed by atoms with Gasteiger partial charge in [-0.05, 0) is 57.3 Å². The molecule has 9 heteroatoms. The molecule has 9 nitrogen and oxygen atoms in total. The summed E-state index contributed by atoms with van der Waals surface area (Å²) in [6, 6.07) is 49.1. The van der Waals surface area contributed by atoms with Crippen LogP contribution in [0.15, 0.2) is 168 Å². The number of Topliss-reactive ketones (excluding diaryl/α,β-unsaturated/α-hetero) is 1. The fourth-order valence-corrected chi connectivity index (χ4v) is 10.2. The van der Waals surface area contributed by atoms with Crippen molar-refractivity contribution in [3.8, 4) is 0 Å². The first-order valence-corrected chi connectivity index (χ1v) is 17.7. The molecule has 0 radical (unpaired) electrons. The Labute approximate surface area is 310 Å². The number of carbonyl (C=O) groups excluding carboxylic acids is 3. The van der Waals surface area contributed by atoms with Crippen molar-refractivity contribution in [2.75, 3.05) is 24.2 Å². The van der Waals surface area contributed by atoms with Crippen LogP contribution in [0.25, 0.3) is 10.8 Å². The standard InChI is InChI=1S/C45H32N4O5/c1-53-40(51)42-37(30-17-7-3-8-18-30)46-49(33-25-13-6-14-26-33)45(42)35-28-16-22-29-21-15-27-34(36(29)35)43(45)38(31-19-9-4-10-20-31)47-48(32-23-11-5-12-24-32)44(43,39(42)50)41(52)54-2/h3-28H,1-2H3. The molecule has 0 N–H and O–H groups in total. The molecular formula is C45H32N4O5. The van der Waals surface area contributed by atoms with Crippen molar-refractivity contribution >= 4 is 51.3 Å². The van der Waals surface area contributed by atoms with E-state index in [1.165, 1.54) is 19.2 Å². The highest BCUT2D eigenvalue weighted by Gasteiger charge is 2.99. The third kappa shape index (κ3) is 3.26. The first-order chi connectivity index (χ1) is 26.5. The Morgan fingerprint density at radius 2 is 1.02 bits per heavy atom. The minimum atomic E-state index is -2.32. The summed E-state index contributed by atoms with van der Waals surface area (Å²) in [7, 11) is 2.55. The average Bonchev–Trinajstić information content (AvgIpc) is 3.88. The van der Waals surface area contributed by atoms with E-state index in [2.05, 4.69) is 0 Å². The van der Waals surface area contributed by atoms with Crippen LogP contribution in [0.3, 0.4) is 0 Å². The number of methoxy groups -OCH3 is 2. The number of hydrogen-bond donors (Lipinski definition) is 0. The van der Waals surface area contributed by atoms with Gasteiger partial charge in [0.05, 0.1) is 37.0 Å². The summed E-state index contributed by atoms with van der Waals surface area (Å²) in [6.07, 6.45) is 0. The van der Waals surface area contributed by atoms with Crippen molar-refractivity contribution in [2.24, 2.45) is 15.6 Å². The molecule has 10 rings (SSSR count). The summed E-state index contributed by atoms with van der Waals surface area (Å²) in [5, 5.41) is 15.8. The smallest absolute Gasteiger partial charge is 0.343 e. The number of anilines is 2. The van der Waals surface area contributed by atoms with Gasteiger partial charge in [-0.2, -0.15) is 10.2 Å². The van der Waals surface area contributed by atoms with E-state index in [-0.39, 0.29) is 5.71 Å². The van der Waals surface area contributed by atoms with Crippen molar-refractivity contribution < 1.29 is 23.9 Å². The van der Waals surface area contributed by atoms with E-state index < -0.39 is 39.6 Å². The number of esters is 2. The number of para-hydroxylation sites is 2. The Bertz CT molecular complexity index is 2610. The highest BCUT2D eigenvalue weighted by atomic mass is 16.5. The summed E-state index contributed by atoms with van der Waals surface area (Å²) in [4.78, 5) is 48.1. The Morgan fingerprint density at radius 3 is 1.57 bits per heavy atom. The first-order valence-electron chi connectivity index (χ1n) is 17.7. The number of hydrogen-bond acceptors (Lipinski definition) is 9. The van der Waals surface area contributed by atoms with Crippen LogP contribution in [0.2, 0.25) is 0 Å². The lowest BCUT2D eigenvalue weighted by molar-refractivity contribution is -0.157. The summed E-state index contributed by atoms with van der Waals surface area (Å²) >= 11 is 0.